The average Bonchev–Trinajstić information content (AvgIpc) is 3.86. The van der Waals surface area contributed by atoms with Gasteiger partial charge in [-0.3, -0.25) is 0 Å². The Bertz CT molecular complexity index is 2950. The fourth-order valence-electron chi connectivity index (χ4n) is 15.3. The molecular formula is C61H75BN2S. The SMILES string of the molecule is Cc1cc2c3c(c1)N(c1cc4c(cc1C)C(C)(C)CCC4(C)C)c1sc4c(c1B3c1cc3c(cc1N2c1ccc2c(c1)C(C)(C)CCC2(C)C)C1(C)CCC3(C)C1)C(C)(C)CCC4(C)C. The number of thiophene rings is 1. The summed E-state index contributed by atoms with van der Waals surface area (Å²) in [7, 11) is 0. The molecule has 5 aromatic rings. The van der Waals surface area contributed by atoms with Crippen LogP contribution in [0.2, 0.25) is 0 Å². The predicted molar refractivity (Wildman–Crippen MR) is 282 cm³/mol. The van der Waals surface area contributed by atoms with Crippen molar-refractivity contribution in [1.29, 1.82) is 0 Å². The molecule has 2 bridgehead atoms. The molecule has 1 fully saturated rings. The molecule has 65 heavy (non-hydrogen) atoms. The van der Waals surface area contributed by atoms with Gasteiger partial charge in [-0.2, -0.15) is 0 Å². The normalized spacial score (nSPS) is 27.0. The van der Waals surface area contributed by atoms with Crippen LogP contribution in [-0.4, -0.2) is 6.71 Å². The van der Waals surface area contributed by atoms with Gasteiger partial charge in [0.2, 0.25) is 0 Å². The molecule has 7 aliphatic rings. The van der Waals surface area contributed by atoms with Crippen molar-refractivity contribution in [2.45, 2.75) is 212 Å². The van der Waals surface area contributed by atoms with Crippen molar-refractivity contribution in [3.05, 3.63) is 110 Å². The van der Waals surface area contributed by atoms with Crippen molar-refractivity contribution in [3.8, 4) is 0 Å². The molecule has 0 spiro atoms. The van der Waals surface area contributed by atoms with E-state index in [2.05, 4.69) is 187 Å². The zero-order chi connectivity index (χ0) is 46.1. The molecule has 338 valence electrons. The molecule has 3 heterocycles. The topological polar surface area (TPSA) is 6.48 Å². The summed E-state index contributed by atoms with van der Waals surface area (Å²) in [5, 5.41) is 1.47. The molecule has 4 aromatic carbocycles. The van der Waals surface area contributed by atoms with Gasteiger partial charge in [0, 0.05) is 27.6 Å². The predicted octanol–water partition coefficient (Wildman–Crippen LogP) is 15.2. The number of fused-ring (bicyclic) bond motifs is 13. The van der Waals surface area contributed by atoms with Crippen molar-refractivity contribution in [3.63, 3.8) is 0 Å². The number of hydrogen-bond donors (Lipinski definition) is 0. The summed E-state index contributed by atoms with van der Waals surface area (Å²) in [4.78, 5) is 7.21. The summed E-state index contributed by atoms with van der Waals surface area (Å²) in [6, 6.07) is 23.7. The maximum atomic E-state index is 2.82. The third kappa shape index (κ3) is 5.59. The van der Waals surface area contributed by atoms with Gasteiger partial charge < -0.3 is 9.80 Å². The number of rotatable bonds is 2. The number of hydrogen-bond acceptors (Lipinski definition) is 3. The Balaban J connectivity index is 1.22. The van der Waals surface area contributed by atoms with Crippen LogP contribution in [0.15, 0.2) is 54.6 Å². The fraction of sp³-hybridized carbons (Fsp3) is 0.541. The van der Waals surface area contributed by atoms with Crippen molar-refractivity contribution in [2.24, 2.45) is 0 Å². The zero-order valence-electron chi connectivity index (χ0n) is 42.9. The van der Waals surface area contributed by atoms with Crippen LogP contribution in [0.4, 0.5) is 33.4 Å². The van der Waals surface area contributed by atoms with E-state index in [0.717, 1.165) is 0 Å². The van der Waals surface area contributed by atoms with Crippen LogP contribution in [-0.2, 0) is 43.3 Å². The minimum atomic E-state index is 0.0588. The van der Waals surface area contributed by atoms with Gasteiger partial charge in [0.05, 0.1) is 10.7 Å². The Labute approximate surface area is 397 Å². The van der Waals surface area contributed by atoms with E-state index in [4.69, 9.17) is 0 Å². The molecule has 12 rings (SSSR count). The highest BCUT2D eigenvalue weighted by atomic mass is 32.1. The summed E-state index contributed by atoms with van der Waals surface area (Å²) in [5.74, 6) is 0. The third-order valence-electron chi connectivity index (χ3n) is 19.7. The minimum Gasteiger partial charge on any atom is -0.311 e. The molecule has 2 aliphatic heterocycles. The van der Waals surface area contributed by atoms with E-state index in [0.29, 0.717) is 0 Å². The Kier molecular flexibility index (Phi) is 8.29. The van der Waals surface area contributed by atoms with Crippen LogP contribution in [0, 0.1) is 13.8 Å². The van der Waals surface area contributed by atoms with Crippen LogP contribution in [0.5, 0.6) is 0 Å². The van der Waals surface area contributed by atoms with Crippen LogP contribution in [0.25, 0.3) is 0 Å². The average molecular weight is 879 g/mol. The first-order valence-electron chi connectivity index (χ1n) is 25.6. The zero-order valence-corrected chi connectivity index (χ0v) is 43.8. The standard InChI is InChI=1S/C61H75BN2S/c1-35-27-47-50-48(28-35)64(45-32-41-39(29-36(45)2)55(5,6)21-22-57(41,9)10)53-51(49-52(65-53)59(13,14)24-23-58(49,11)12)62(50)44-31-42-43(61(16)26-25-60(42,15)34-61)33-46(44)63(47)37-17-18-38-40(30-37)56(7,8)20-19-54(38,3)4/h17-18,27-33H,19-26,34H2,1-16H3. The highest BCUT2D eigenvalue weighted by molar-refractivity contribution is 7.20. The number of nitrogens with zero attached hydrogens (tertiary/aromatic N) is 2. The molecule has 0 amide bonds. The lowest BCUT2D eigenvalue weighted by molar-refractivity contribution is 0.332. The van der Waals surface area contributed by atoms with Gasteiger partial charge in [-0.1, -0.05) is 115 Å². The smallest absolute Gasteiger partial charge is 0.253 e. The second-order valence-corrected chi connectivity index (χ2v) is 28.3. The molecule has 0 N–H and O–H groups in total. The maximum Gasteiger partial charge on any atom is 0.253 e. The monoisotopic (exact) mass is 879 g/mol. The van der Waals surface area contributed by atoms with Crippen molar-refractivity contribution < 1.29 is 0 Å². The van der Waals surface area contributed by atoms with E-state index in [9.17, 15) is 0 Å². The molecule has 1 saturated carbocycles. The Morgan fingerprint density at radius 3 is 1.58 bits per heavy atom. The Morgan fingerprint density at radius 2 is 0.954 bits per heavy atom. The number of aryl methyl sites for hydroxylation is 2. The second-order valence-electron chi connectivity index (χ2n) is 27.3. The largest absolute Gasteiger partial charge is 0.311 e. The quantitative estimate of drug-likeness (QED) is 0.160. The minimum absolute atomic E-state index is 0.0588. The molecule has 5 aliphatic carbocycles. The van der Waals surface area contributed by atoms with Crippen LogP contribution >= 0.6 is 11.3 Å². The lowest BCUT2D eigenvalue weighted by Crippen LogP contribution is -2.63. The van der Waals surface area contributed by atoms with Gasteiger partial charge in [-0.05, 0) is 218 Å². The fourth-order valence-corrected chi connectivity index (χ4v) is 16.9. The van der Waals surface area contributed by atoms with Gasteiger partial charge in [0.25, 0.3) is 6.71 Å². The van der Waals surface area contributed by atoms with Crippen molar-refractivity contribution in [2.75, 3.05) is 9.80 Å². The Hall–Kier alpha value is -3.76. The highest BCUT2D eigenvalue weighted by Gasteiger charge is 2.56. The van der Waals surface area contributed by atoms with Gasteiger partial charge in [0.1, 0.15) is 0 Å². The van der Waals surface area contributed by atoms with Gasteiger partial charge in [-0.25, -0.2) is 0 Å². The van der Waals surface area contributed by atoms with E-state index in [-0.39, 0.29) is 50.0 Å². The van der Waals surface area contributed by atoms with Gasteiger partial charge in [0.15, 0.2) is 0 Å². The summed E-state index contributed by atoms with van der Waals surface area (Å²) in [6.07, 6.45) is 11.1. The lowest BCUT2D eigenvalue weighted by Gasteiger charge is -2.47. The molecule has 1 aromatic heterocycles. The second kappa shape index (κ2) is 12.7. The van der Waals surface area contributed by atoms with E-state index in [1.807, 2.05) is 0 Å². The third-order valence-corrected chi connectivity index (χ3v) is 21.2. The van der Waals surface area contributed by atoms with E-state index >= 15 is 0 Å². The first-order chi connectivity index (χ1) is 30.2. The molecule has 0 saturated heterocycles. The van der Waals surface area contributed by atoms with E-state index < -0.39 is 0 Å². The van der Waals surface area contributed by atoms with Crippen molar-refractivity contribution >= 4 is 67.9 Å². The first kappa shape index (κ1) is 42.6. The molecule has 2 nitrogen and oxygen atoms in total. The summed E-state index contributed by atoms with van der Waals surface area (Å²) in [5.41, 5.74) is 26.4. The summed E-state index contributed by atoms with van der Waals surface area (Å²) < 4.78 is 0. The van der Waals surface area contributed by atoms with Gasteiger partial charge >= 0.3 is 0 Å². The number of benzene rings is 4. The lowest BCUT2D eigenvalue weighted by atomic mass is 9.32. The first-order valence-corrected chi connectivity index (χ1v) is 26.4. The van der Waals surface area contributed by atoms with Crippen LogP contribution < -0.4 is 26.2 Å². The summed E-state index contributed by atoms with van der Waals surface area (Å²) >= 11 is 2.15. The van der Waals surface area contributed by atoms with E-state index in [1.54, 1.807) is 38.2 Å². The number of anilines is 6. The maximum absolute atomic E-state index is 2.82. The summed E-state index contributed by atoms with van der Waals surface area (Å²) in [6.45, 7) is 40.3. The Morgan fingerprint density at radius 1 is 0.446 bits per heavy atom. The van der Waals surface area contributed by atoms with Crippen molar-refractivity contribution in [1.82, 2.24) is 0 Å². The van der Waals surface area contributed by atoms with Crippen LogP contribution in [0.3, 0.4) is 0 Å². The molecule has 2 atom stereocenters. The van der Waals surface area contributed by atoms with E-state index in [1.165, 1.54) is 124 Å². The highest BCUT2D eigenvalue weighted by Crippen LogP contribution is 2.63. The van der Waals surface area contributed by atoms with Crippen LogP contribution in [0.1, 0.15) is 210 Å². The molecule has 0 radical (unpaired) electrons. The van der Waals surface area contributed by atoms with Gasteiger partial charge in [-0.15, -0.1) is 11.3 Å². The molecular weight excluding hydrogens is 804 g/mol. The molecule has 4 heteroatoms. The molecule has 2 unspecified atom stereocenters.